The summed E-state index contributed by atoms with van der Waals surface area (Å²) in [5.41, 5.74) is 3.73. The van der Waals surface area contributed by atoms with Crippen molar-refractivity contribution in [1.82, 2.24) is 20.2 Å². The molecule has 0 bridgehead atoms. The van der Waals surface area contributed by atoms with Crippen molar-refractivity contribution in [3.05, 3.63) is 29.6 Å². The average Bonchev–Trinajstić information content (AvgIpc) is 3.01. The Morgan fingerprint density at radius 2 is 2.03 bits per heavy atom. The summed E-state index contributed by atoms with van der Waals surface area (Å²) in [6, 6.07) is 6.67. The van der Waals surface area contributed by atoms with E-state index in [1.165, 1.54) is 12.0 Å². The lowest BCUT2D eigenvalue weighted by Crippen LogP contribution is -2.47. The molecular formula is C24H36N4O. The van der Waals surface area contributed by atoms with Crippen LogP contribution in [0.2, 0.25) is 0 Å². The fraction of sp³-hybridized carbons (Fsp3) is 0.667. The van der Waals surface area contributed by atoms with Gasteiger partial charge in [-0.05, 0) is 81.1 Å². The van der Waals surface area contributed by atoms with E-state index in [9.17, 15) is 4.79 Å². The number of H-pyrrole nitrogens is 1. The number of fused-ring (bicyclic) bond motifs is 1. The number of nitrogens with zero attached hydrogens (tertiary/aromatic N) is 2. The quantitative estimate of drug-likeness (QED) is 0.804. The van der Waals surface area contributed by atoms with Gasteiger partial charge in [0.1, 0.15) is 5.82 Å². The topological polar surface area (TPSA) is 61.0 Å². The van der Waals surface area contributed by atoms with Gasteiger partial charge < -0.3 is 10.3 Å². The van der Waals surface area contributed by atoms with Crippen LogP contribution in [-0.2, 0) is 11.3 Å². The number of benzene rings is 1. The smallest absolute Gasteiger partial charge is 0.223 e. The molecular weight excluding hydrogens is 360 g/mol. The molecule has 2 N–H and O–H groups in total. The van der Waals surface area contributed by atoms with Crippen LogP contribution >= 0.6 is 0 Å². The molecule has 2 unspecified atom stereocenters. The predicted molar refractivity (Wildman–Crippen MR) is 118 cm³/mol. The summed E-state index contributed by atoms with van der Waals surface area (Å²) in [7, 11) is 0. The molecule has 158 valence electrons. The van der Waals surface area contributed by atoms with Crippen molar-refractivity contribution in [3.63, 3.8) is 0 Å². The van der Waals surface area contributed by atoms with Gasteiger partial charge in [0.15, 0.2) is 0 Å². The molecule has 2 aromatic rings. The molecule has 5 heteroatoms. The lowest BCUT2D eigenvalue weighted by molar-refractivity contribution is -0.127. The second-order valence-corrected chi connectivity index (χ2v) is 10.4. The fourth-order valence-electron chi connectivity index (χ4n) is 5.59. The summed E-state index contributed by atoms with van der Waals surface area (Å²) in [4.78, 5) is 23.4. The molecule has 1 amide bonds. The van der Waals surface area contributed by atoms with Crippen molar-refractivity contribution in [1.29, 1.82) is 0 Å². The maximum atomic E-state index is 12.9. The standard InChI is InChI=1S/C24H36N4O/c1-16-5-6-20-21(12-16)27-22(26-20)15-28-9-7-18(8-10-28)23(29)25-19-11-17(2)13-24(3,4)14-19/h5-6,12,17-19H,7-11,13-15H2,1-4H3,(H,25,29)(H,26,27). The van der Waals surface area contributed by atoms with Crippen LogP contribution in [0.3, 0.4) is 0 Å². The number of hydrogen-bond donors (Lipinski definition) is 2. The van der Waals surface area contributed by atoms with E-state index >= 15 is 0 Å². The highest BCUT2D eigenvalue weighted by Gasteiger charge is 2.34. The Labute approximate surface area is 174 Å². The van der Waals surface area contributed by atoms with Crippen LogP contribution in [0.1, 0.15) is 64.3 Å². The van der Waals surface area contributed by atoms with Crippen molar-refractivity contribution in [3.8, 4) is 0 Å². The first kappa shape index (κ1) is 20.4. The number of carbonyl (C=O) groups excluding carboxylic acids is 1. The Morgan fingerprint density at radius 1 is 1.28 bits per heavy atom. The summed E-state index contributed by atoms with van der Waals surface area (Å²) in [6.07, 6.45) is 5.37. The molecule has 1 aliphatic heterocycles. The molecule has 5 nitrogen and oxygen atoms in total. The number of imidazole rings is 1. The molecule has 2 aliphatic rings. The lowest BCUT2D eigenvalue weighted by Gasteiger charge is -2.40. The summed E-state index contributed by atoms with van der Waals surface area (Å²) in [6.45, 7) is 11.8. The van der Waals surface area contributed by atoms with Crippen molar-refractivity contribution in [2.24, 2.45) is 17.3 Å². The number of amides is 1. The van der Waals surface area contributed by atoms with Gasteiger partial charge in [-0.1, -0.05) is 26.8 Å². The van der Waals surface area contributed by atoms with Gasteiger partial charge in [0, 0.05) is 12.0 Å². The van der Waals surface area contributed by atoms with Crippen molar-refractivity contribution >= 4 is 16.9 Å². The number of piperidine rings is 1. The number of aromatic amines is 1. The third-order valence-electron chi connectivity index (χ3n) is 6.75. The molecule has 29 heavy (non-hydrogen) atoms. The predicted octanol–water partition coefficient (Wildman–Crippen LogP) is 4.41. The highest BCUT2D eigenvalue weighted by Crippen LogP contribution is 2.38. The van der Waals surface area contributed by atoms with Gasteiger partial charge in [-0.2, -0.15) is 0 Å². The molecule has 1 aromatic carbocycles. The molecule has 0 spiro atoms. The third-order valence-corrected chi connectivity index (χ3v) is 6.75. The first-order valence-electron chi connectivity index (χ1n) is 11.3. The van der Waals surface area contributed by atoms with E-state index in [0.717, 1.165) is 62.2 Å². The van der Waals surface area contributed by atoms with Crippen LogP contribution in [0.4, 0.5) is 0 Å². The molecule has 1 saturated heterocycles. The summed E-state index contributed by atoms with van der Waals surface area (Å²) >= 11 is 0. The number of aryl methyl sites for hydroxylation is 1. The van der Waals surface area contributed by atoms with E-state index in [-0.39, 0.29) is 11.8 Å². The van der Waals surface area contributed by atoms with Crippen LogP contribution in [-0.4, -0.2) is 39.9 Å². The number of rotatable bonds is 4. The largest absolute Gasteiger partial charge is 0.353 e. The Bertz CT molecular complexity index is 863. The van der Waals surface area contributed by atoms with Crippen molar-refractivity contribution in [2.45, 2.75) is 72.4 Å². The minimum Gasteiger partial charge on any atom is -0.353 e. The van der Waals surface area contributed by atoms with Gasteiger partial charge in [-0.25, -0.2) is 4.98 Å². The first-order valence-corrected chi connectivity index (χ1v) is 11.3. The SMILES string of the molecule is Cc1ccc2nc(CN3CCC(C(=O)NC4CC(C)CC(C)(C)C4)CC3)[nH]c2c1. The van der Waals surface area contributed by atoms with E-state index in [1.807, 2.05) is 0 Å². The number of carbonyl (C=O) groups is 1. The van der Waals surface area contributed by atoms with Gasteiger partial charge >= 0.3 is 0 Å². The minimum absolute atomic E-state index is 0.157. The Kier molecular flexibility index (Phi) is 5.69. The molecule has 0 radical (unpaired) electrons. The maximum absolute atomic E-state index is 12.9. The summed E-state index contributed by atoms with van der Waals surface area (Å²) < 4.78 is 0. The molecule has 2 heterocycles. The maximum Gasteiger partial charge on any atom is 0.223 e. The van der Waals surface area contributed by atoms with Gasteiger partial charge in [-0.3, -0.25) is 9.69 Å². The highest BCUT2D eigenvalue weighted by molar-refractivity contribution is 5.79. The first-order chi connectivity index (χ1) is 13.8. The van der Waals surface area contributed by atoms with E-state index in [1.54, 1.807) is 0 Å². The molecule has 1 aromatic heterocycles. The summed E-state index contributed by atoms with van der Waals surface area (Å²) in [5.74, 6) is 2.15. The monoisotopic (exact) mass is 396 g/mol. The Morgan fingerprint density at radius 3 is 2.76 bits per heavy atom. The average molecular weight is 397 g/mol. The van der Waals surface area contributed by atoms with Crippen molar-refractivity contribution in [2.75, 3.05) is 13.1 Å². The Balaban J connectivity index is 1.28. The molecule has 2 atom stereocenters. The van der Waals surface area contributed by atoms with E-state index in [2.05, 4.69) is 61.1 Å². The van der Waals surface area contributed by atoms with Crippen LogP contribution in [0, 0.1) is 24.2 Å². The second-order valence-electron chi connectivity index (χ2n) is 10.4. The molecule has 1 saturated carbocycles. The second kappa shape index (κ2) is 8.10. The van der Waals surface area contributed by atoms with Crippen molar-refractivity contribution < 1.29 is 4.79 Å². The highest BCUT2D eigenvalue weighted by atomic mass is 16.1. The minimum atomic E-state index is 0.157. The third kappa shape index (κ3) is 5.00. The van der Waals surface area contributed by atoms with Crippen LogP contribution < -0.4 is 5.32 Å². The van der Waals surface area contributed by atoms with Gasteiger partial charge in [-0.15, -0.1) is 0 Å². The zero-order valence-electron chi connectivity index (χ0n) is 18.4. The van der Waals surface area contributed by atoms with Crippen LogP contribution in [0.15, 0.2) is 18.2 Å². The normalized spacial score (nSPS) is 25.9. The van der Waals surface area contributed by atoms with Gasteiger partial charge in [0.25, 0.3) is 0 Å². The zero-order chi connectivity index (χ0) is 20.6. The lowest BCUT2D eigenvalue weighted by atomic mass is 9.70. The summed E-state index contributed by atoms with van der Waals surface area (Å²) in [5, 5.41) is 3.39. The number of likely N-dealkylation sites (tertiary alicyclic amines) is 1. The van der Waals surface area contributed by atoms with E-state index < -0.39 is 0 Å². The molecule has 1 aliphatic carbocycles. The van der Waals surface area contributed by atoms with Gasteiger partial charge in [0.2, 0.25) is 5.91 Å². The van der Waals surface area contributed by atoms with E-state index in [4.69, 9.17) is 4.98 Å². The van der Waals surface area contributed by atoms with Gasteiger partial charge in [0.05, 0.1) is 17.6 Å². The van der Waals surface area contributed by atoms with E-state index in [0.29, 0.717) is 17.4 Å². The molecule has 4 rings (SSSR count). The Hall–Kier alpha value is -1.88. The number of aromatic nitrogens is 2. The fourth-order valence-corrected chi connectivity index (χ4v) is 5.59. The number of hydrogen-bond acceptors (Lipinski definition) is 3. The molecule has 2 fully saturated rings. The number of nitrogens with one attached hydrogen (secondary N) is 2. The van der Waals surface area contributed by atoms with Crippen LogP contribution in [0.25, 0.3) is 11.0 Å². The zero-order valence-corrected chi connectivity index (χ0v) is 18.4. The van der Waals surface area contributed by atoms with Crippen LogP contribution in [0.5, 0.6) is 0 Å².